The first-order valence-corrected chi connectivity index (χ1v) is 7.48. The molecule has 1 aromatic heterocycles. The summed E-state index contributed by atoms with van der Waals surface area (Å²) in [4.78, 5) is 4.28. The Hall–Kier alpha value is -0.940. The molecule has 3 aromatic rings. The molecule has 0 spiro atoms. The Bertz CT molecular complexity index is 829. The fourth-order valence-corrected chi connectivity index (χ4v) is 3.08. The Labute approximate surface area is 138 Å². The Kier molecular flexibility index (Phi) is 3.58. The van der Waals surface area contributed by atoms with Gasteiger partial charge in [0.25, 0.3) is 0 Å². The van der Waals surface area contributed by atoms with Crippen LogP contribution in [-0.2, 0) is 0 Å². The van der Waals surface area contributed by atoms with Crippen molar-refractivity contribution in [2.24, 2.45) is 0 Å². The predicted octanol–water partition coefficient (Wildman–Crippen LogP) is 5.33. The monoisotopic (exact) mass is 389 g/mol. The number of benzene rings is 2. The smallest absolute Gasteiger partial charge is 0.205 e. The molecule has 2 aromatic carbocycles. The number of hydrogen-bond donors (Lipinski definition) is 1. The van der Waals surface area contributed by atoms with Gasteiger partial charge < -0.3 is 5.73 Å². The van der Waals surface area contributed by atoms with E-state index in [0.717, 1.165) is 15.7 Å². The normalized spacial score (nSPS) is 11.2. The van der Waals surface area contributed by atoms with Gasteiger partial charge in [-0.1, -0.05) is 50.7 Å². The number of hydrogen-bond acceptors (Lipinski definition) is 2. The van der Waals surface area contributed by atoms with Crippen molar-refractivity contribution < 1.29 is 0 Å². The molecule has 1 heterocycles. The topological polar surface area (TPSA) is 43.8 Å². The van der Waals surface area contributed by atoms with Gasteiger partial charge in [0.05, 0.1) is 31.8 Å². The minimum absolute atomic E-state index is 0.322. The van der Waals surface area contributed by atoms with Gasteiger partial charge >= 0.3 is 0 Å². The van der Waals surface area contributed by atoms with Crippen LogP contribution in [0.3, 0.4) is 0 Å². The van der Waals surface area contributed by atoms with E-state index in [1.807, 2.05) is 12.1 Å². The van der Waals surface area contributed by atoms with Gasteiger partial charge in [0.1, 0.15) is 0 Å². The Morgan fingerprint density at radius 3 is 2.40 bits per heavy atom. The van der Waals surface area contributed by atoms with Gasteiger partial charge in [0.2, 0.25) is 5.95 Å². The zero-order valence-electron chi connectivity index (χ0n) is 9.87. The van der Waals surface area contributed by atoms with Crippen LogP contribution in [-0.4, -0.2) is 9.55 Å². The summed E-state index contributed by atoms with van der Waals surface area (Å²) in [6.07, 6.45) is 0. The van der Waals surface area contributed by atoms with Crippen LogP contribution in [0.15, 0.2) is 34.8 Å². The average molecular weight is 391 g/mol. The van der Waals surface area contributed by atoms with Crippen molar-refractivity contribution in [3.63, 3.8) is 0 Å². The second-order valence-corrected chi connectivity index (χ2v) is 6.29. The molecule has 102 valence electrons. The van der Waals surface area contributed by atoms with Crippen molar-refractivity contribution in [1.29, 1.82) is 0 Å². The highest BCUT2D eigenvalue weighted by atomic mass is 79.9. The second kappa shape index (κ2) is 5.11. The average Bonchev–Trinajstić information content (AvgIpc) is 2.66. The third-order valence-electron chi connectivity index (χ3n) is 2.87. The number of nitrogen functional groups attached to an aromatic ring is 1. The van der Waals surface area contributed by atoms with E-state index in [-0.39, 0.29) is 0 Å². The first-order chi connectivity index (χ1) is 9.47. The fourth-order valence-electron chi connectivity index (χ4n) is 2.01. The van der Waals surface area contributed by atoms with E-state index in [0.29, 0.717) is 26.5 Å². The van der Waals surface area contributed by atoms with E-state index in [1.54, 1.807) is 22.8 Å². The zero-order chi connectivity index (χ0) is 14.4. The van der Waals surface area contributed by atoms with Crippen molar-refractivity contribution in [2.45, 2.75) is 0 Å². The summed E-state index contributed by atoms with van der Waals surface area (Å²) in [5.74, 6) is 0.322. The highest BCUT2D eigenvalue weighted by Crippen LogP contribution is 2.33. The minimum atomic E-state index is 0.322. The number of nitrogens with two attached hydrogens (primary N) is 1. The van der Waals surface area contributed by atoms with Crippen LogP contribution in [0.25, 0.3) is 16.7 Å². The van der Waals surface area contributed by atoms with Gasteiger partial charge in [-0.15, -0.1) is 0 Å². The molecule has 3 nitrogen and oxygen atoms in total. The van der Waals surface area contributed by atoms with Crippen LogP contribution in [0.1, 0.15) is 0 Å². The van der Waals surface area contributed by atoms with Crippen LogP contribution in [0.2, 0.25) is 15.1 Å². The number of nitrogens with zero attached hydrogens (tertiary/aromatic N) is 2. The maximum absolute atomic E-state index is 6.27. The summed E-state index contributed by atoms with van der Waals surface area (Å²) in [7, 11) is 0. The summed E-state index contributed by atoms with van der Waals surface area (Å²) in [5, 5.41) is 1.43. The molecule has 2 N–H and O–H groups in total. The zero-order valence-corrected chi connectivity index (χ0v) is 13.7. The van der Waals surface area contributed by atoms with E-state index >= 15 is 0 Å². The van der Waals surface area contributed by atoms with Gasteiger partial charge in [0.15, 0.2) is 0 Å². The molecule has 0 aliphatic carbocycles. The SMILES string of the molecule is Nc1nc2cc(Cl)c(Cl)cc2n1-c1ccc(Br)cc1Cl. The molecule has 0 aliphatic heterocycles. The van der Waals surface area contributed by atoms with Crippen LogP contribution in [0.4, 0.5) is 5.95 Å². The van der Waals surface area contributed by atoms with Crippen LogP contribution in [0, 0.1) is 0 Å². The largest absolute Gasteiger partial charge is 0.369 e. The number of aromatic nitrogens is 2. The lowest BCUT2D eigenvalue weighted by Gasteiger charge is -2.09. The van der Waals surface area contributed by atoms with Crippen molar-refractivity contribution >= 4 is 67.7 Å². The molecular weight excluding hydrogens is 384 g/mol. The molecule has 0 atom stereocenters. The van der Waals surface area contributed by atoms with E-state index in [9.17, 15) is 0 Å². The Balaban J connectivity index is 2.35. The van der Waals surface area contributed by atoms with Crippen LogP contribution >= 0.6 is 50.7 Å². The first-order valence-electron chi connectivity index (χ1n) is 5.56. The van der Waals surface area contributed by atoms with Crippen LogP contribution in [0.5, 0.6) is 0 Å². The minimum Gasteiger partial charge on any atom is -0.369 e. The molecule has 0 radical (unpaired) electrons. The fraction of sp³-hybridized carbons (Fsp3) is 0. The van der Waals surface area contributed by atoms with Crippen molar-refractivity contribution in [3.8, 4) is 5.69 Å². The molecular formula is C13H7BrCl3N3. The summed E-state index contributed by atoms with van der Waals surface area (Å²) in [6.45, 7) is 0. The Morgan fingerprint density at radius 1 is 1.00 bits per heavy atom. The maximum atomic E-state index is 6.27. The van der Waals surface area contributed by atoms with E-state index in [1.165, 1.54) is 0 Å². The first kappa shape index (κ1) is 14.0. The van der Waals surface area contributed by atoms with Gasteiger partial charge in [-0.05, 0) is 30.3 Å². The summed E-state index contributed by atoms with van der Waals surface area (Å²) in [5.41, 5.74) is 8.13. The van der Waals surface area contributed by atoms with E-state index in [2.05, 4.69) is 20.9 Å². The molecule has 0 saturated carbocycles. The highest BCUT2D eigenvalue weighted by Gasteiger charge is 2.14. The standard InChI is InChI=1S/C13H7BrCl3N3/c14-6-1-2-11(9(17)3-6)20-12-5-8(16)7(15)4-10(12)19-13(20)18/h1-5H,(H2,18,19). The number of rotatable bonds is 1. The molecule has 0 bridgehead atoms. The van der Waals surface area contributed by atoms with E-state index in [4.69, 9.17) is 40.5 Å². The molecule has 20 heavy (non-hydrogen) atoms. The Morgan fingerprint density at radius 2 is 1.70 bits per heavy atom. The summed E-state index contributed by atoms with van der Waals surface area (Å²) >= 11 is 21.7. The van der Waals surface area contributed by atoms with E-state index < -0.39 is 0 Å². The second-order valence-electron chi connectivity index (χ2n) is 4.16. The lowest BCUT2D eigenvalue weighted by molar-refractivity contribution is 1.11. The lowest BCUT2D eigenvalue weighted by atomic mass is 10.2. The third-order valence-corrected chi connectivity index (χ3v) is 4.39. The number of halogens is 4. The molecule has 0 aliphatic rings. The van der Waals surface area contributed by atoms with Crippen molar-refractivity contribution in [1.82, 2.24) is 9.55 Å². The highest BCUT2D eigenvalue weighted by molar-refractivity contribution is 9.10. The number of anilines is 1. The molecule has 0 saturated heterocycles. The molecule has 3 rings (SSSR count). The summed E-state index contributed by atoms with van der Waals surface area (Å²) in [6, 6.07) is 8.93. The van der Waals surface area contributed by atoms with Gasteiger partial charge in [-0.2, -0.15) is 0 Å². The van der Waals surface area contributed by atoms with Crippen LogP contribution < -0.4 is 5.73 Å². The number of fused-ring (bicyclic) bond motifs is 1. The molecule has 0 fully saturated rings. The predicted molar refractivity (Wildman–Crippen MR) is 88.2 cm³/mol. The molecule has 0 unspecified atom stereocenters. The molecule has 0 amide bonds. The summed E-state index contributed by atoms with van der Waals surface area (Å²) < 4.78 is 2.63. The third kappa shape index (κ3) is 2.27. The van der Waals surface area contributed by atoms with Crippen molar-refractivity contribution in [3.05, 3.63) is 49.9 Å². The van der Waals surface area contributed by atoms with Gasteiger partial charge in [-0.3, -0.25) is 4.57 Å². The quantitative estimate of drug-likeness (QED) is 0.609. The maximum Gasteiger partial charge on any atom is 0.205 e. The van der Waals surface area contributed by atoms with Crippen molar-refractivity contribution in [2.75, 3.05) is 5.73 Å². The molecule has 7 heteroatoms. The number of imidazole rings is 1. The lowest BCUT2D eigenvalue weighted by Crippen LogP contribution is -2.01. The van der Waals surface area contributed by atoms with Gasteiger partial charge in [0, 0.05) is 4.47 Å². The van der Waals surface area contributed by atoms with Gasteiger partial charge in [-0.25, -0.2) is 4.98 Å².